The van der Waals surface area contributed by atoms with Crippen molar-refractivity contribution in [2.75, 3.05) is 11.9 Å². The predicted molar refractivity (Wildman–Crippen MR) is 160 cm³/mol. The maximum atomic E-state index is 14.4. The van der Waals surface area contributed by atoms with Crippen molar-refractivity contribution in [1.82, 2.24) is 10.2 Å². The van der Waals surface area contributed by atoms with Crippen LogP contribution in [-0.2, 0) is 25.7 Å². The smallest absolute Gasteiger partial charge is 0.246 e. The van der Waals surface area contributed by atoms with Crippen LogP contribution in [0.3, 0.4) is 0 Å². The zero-order valence-corrected chi connectivity index (χ0v) is 25.0. The maximum Gasteiger partial charge on any atom is 0.246 e. The second-order valence-electron chi connectivity index (χ2n) is 12.1. The fraction of sp³-hybridized carbons (Fsp3) is 0.485. The van der Waals surface area contributed by atoms with Crippen LogP contribution in [0.1, 0.15) is 45.6 Å². The van der Waals surface area contributed by atoms with Gasteiger partial charge in [0, 0.05) is 22.3 Å². The van der Waals surface area contributed by atoms with E-state index in [4.69, 9.17) is 21.1 Å². The Morgan fingerprint density at radius 2 is 1.86 bits per heavy atom. The number of benzene rings is 2. The molecule has 8 unspecified atom stereocenters. The molecule has 1 aliphatic carbocycles. The summed E-state index contributed by atoms with van der Waals surface area (Å²) >= 11 is 6.03. The lowest BCUT2D eigenvalue weighted by molar-refractivity contribution is -0.142. The highest BCUT2D eigenvalue weighted by Crippen LogP contribution is 2.55. The lowest BCUT2D eigenvalue weighted by atomic mass is 9.73. The van der Waals surface area contributed by atoms with Gasteiger partial charge in [-0.15, -0.1) is 0 Å². The van der Waals surface area contributed by atoms with Crippen molar-refractivity contribution in [2.24, 2.45) is 23.7 Å². The Hall–Kier alpha value is -3.36. The molecule has 2 N–H and O–H groups in total. The molecule has 2 bridgehead atoms. The van der Waals surface area contributed by atoms with E-state index in [-0.39, 0.29) is 30.3 Å². The molecule has 6 rings (SSSR count). The number of nitrogens with zero attached hydrogens (tertiary/aromatic N) is 1. The van der Waals surface area contributed by atoms with E-state index in [9.17, 15) is 14.4 Å². The minimum atomic E-state index is -1.24. The van der Waals surface area contributed by atoms with Crippen LogP contribution in [0.15, 0.2) is 60.7 Å². The van der Waals surface area contributed by atoms with E-state index in [0.29, 0.717) is 34.9 Å². The van der Waals surface area contributed by atoms with Crippen LogP contribution in [-0.4, -0.2) is 53.0 Å². The Kier molecular flexibility index (Phi) is 7.79. The van der Waals surface area contributed by atoms with E-state index >= 15 is 0 Å². The van der Waals surface area contributed by atoms with Gasteiger partial charge < -0.3 is 25.0 Å². The Morgan fingerprint density at radius 3 is 2.62 bits per heavy atom. The lowest BCUT2D eigenvalue weighted by Gasteiger charge is -2.38. The number of rotatable bonds is 8. The van der Waals surface area contributed by atoms with Crippen molar-refractivity contribution < 1.29 is 23.9 Å². The first-order chi connectivity index (χ1) is 20.2. The molecule has 9 heteroatoms. The first-order valence-electron chi connectivity index (χ1n) is 15.0. The third kappa shape index (κ3) is 4.88. The number of ether oxygens (including phenoxy) is 2. The van der Waals surface area contributed by atoms with Crippen LogP contribution in [0.2, 0.25) is 5.02 Å². The van der Waals surface area contributed by atoms with Gasteiger partial charge in [-0.2, -0.15) is 0 Å². The molecule has 2 aromatic carbocycles. The number of likely N-dealkylation sites (tertiary alicyclic amines) is 1. The topological polar surface area (TPSA) is 97.0 Å². The SMILES string of the molecule is CCOc1ccccc1CN1C(=O)C2C(C(=O)Nc3ccc(Cl)cc3)C3C=CC2(O3)C1C(=O)NC1CCCC(C)C1C. The normalized spacial score (nSPS) is 33.0. The van der Waals surface area contributed by atoms with Crippen LogP contribution in [0.25, 0.3) is 0 Å². The zero-order chi connectivity index (χ0) is 29.6. The number of amides is 3. The summed E-state index contributed by atoms with van der Waals surface area (Å²) in [5, 5.41) is 6.80. The number of hydrogen-bond donors (Lipinski definition) is 2. The molecule has 2 saturated heterocycles. The van der Waals surface area contributed by atoms with E-state index in [2.05, 4.69) is 24.5 Å². The average molecular weight is 592 g/mol. The van der Waals surface area contributed by atoms with Crippen LogP contribution in [0.4, 0.5) is 5.69 Å². The summed E-state index contributed by atoms with van der Waals surface area (Å²) in [6.07, 6.45) is 6.15. The van der Waals surface area contributed by atoms with E-state index in [1.807, 2.05) is 43.3 Å². The molecule has 8 nitrogen and oxygen atoms in total. The van der Waals surface area contributed by atoms with Gasteiger partial charge in [0.1, 0.15) is 17.4 Å². The number of nitrogens with one attached hydrogen (secondary N) is 2. The number of hydrogen-bond acceptors (Lipinski definition) is 5. The number of para-hydroxylation sites is 1. The summed E-state index contributed by atoms with van der Waals surface area (Å²) in [5.74, 6) is -0.981. The van der Waals surface area contributed by atoms with Gasteiger partial charge in [-0.25, -0.2) is 0 Å². The van der Waals surface area contributed by atoms with Crippen molar-refractivity contribution in [3.63, 3.8) is 0 Å². The number of carbonyl (C=O) groups is 3. The molecule has 3 amide bonds. The van der Waals surface area contributed by atoms with E-state index < -0.39 is 29.6 Å². The predicted octanol–water partition coefficient (Wildman–Crippen LogP) is 4.97. The molecule has 4 aliphatic rings. The monoisotopic (exact) mass is 591 g/mol. The summed E-state index contributed by atoms with van der Waals surface area (Å²) in [7, 11) is 0. The summed E-state index contributed by atoms with van der Waals surface area (Å²) in [4.78, 5) is 44.0. The number of anilines is 1. The van der Waals surface area contributed by atoms with Crippen LogP contribution < -0.4 is 15.4 Å². The zero-order valence-electron chi connectivity index (χ0n) is 24.2. The van der Waals surface area contributed by atoms with Gasteiger partial charge in [0.2, 0.25) is 17.7 Å². The van der Waals surface area contributed by atoms with Gasteiger partial charge in [-0.1, -0.05) is 68.6 Å². The molecule has 222 valence electrons. The molecule has 2 aromatic rings. The quantitative estimate of drug-likeness (QED) is 0.423. The lowest BCUT2D eigenvalue weighted by Crippen LogP contribution is -2.57. The molecule has 8 atom stereocenters. The number of fused-ring (bicyclic) bond motifs is 1. The standard InChI is InChI=1S/C33H38ClN3O5/c1-4-41-25-11-6-5-9-21(25)18-37-29(31(39)36-24-10-7-8-19(2)20(24)3)33-17-16-26(42-33)27(28(33)32(37)40)30(38)35-23-14-12-22(34)13-15-23/h5-6,9,11-17,19-20,24,26-29H,4,7-8,10,18H2,1-3H3,(H,35,38)(H,36,39). The number of carbonyl (C=O) groups excluding carboxylic acids is 3. The second-order valence-corrected chi connectivity index (χ2v) is 12.5. The average Bonchev–Trinajstić information content (AvgIpc) is 3.61. The fourth-order valence-electron chi connectivity index (χ4n) is 7.36. The summed E-state index contributed by atoms with van der Waals surface area (Å²) < 4.78 is 12.4. The van der Waals surface area contributed by atoms with Gasteiger partial charge in [-0.3, -0.25) is 14.4 Å². The van der Waals surface area contributed by atoms with Crippen molar-refractivity contribution >= 4 is 35.0 Å². The molecule has 1 saturated carbocycles. The van der Waals surface area contributed by atoms with E-state index in [0.717, 1.165) is 24.8 Å². The minimum absolute atomic E-state index is 0.0101. The van der Waals surface area contributed by atoms with Crippen LogP contribution in [0.5, 0.6) is 5.75 Å². The first-order valence-corrected chi connectivity index (χ1v) is 15.4. The van der Waals surface area contributed by atoms with E-state index in [1.54, 1.807) is 29.2 Å². The minimum Gasteiger partial charge on any atom is -0.494 e. The largest absolute Gasteiger partial charge is 0.494 e. The molecular weight excluding hydrogens is 554 g/mol. The Morgan fingerprint density at radius 1 is 1.10 bits per heavy atom. The van der Waals surface area contributed by atoms with Crippen molar-refractivity contribution in [2.45, 2.75) is 70.4 Å². The van der Waals surface area contributed by atoms with Crippen molar-refractivity contribution in [3.8, 4) is 5.75 Å². The molecule has 42 heavy (non-hydrogen) atoms. The summed E-state index contributed by atoms with van der Waals surface area (Å²) in [6.45, 7) is 6.95. The number of halogens is 1. The Bertz CT molecular complexity index is 1400. The van der Waals surface area contributed by atoms with Crippen molar-refractivity contribution in [3.05, 3.63) is 71.3 Å². The molecule has 0 aromatic heterocycles. The first kappa shape index (κ1) is 28.7. The summed E-state index contributed by atoms with van der Waals surface area (Å²) in [5.41, 5.74) is 0.132. The van der Waals surface area contributed by atoms with Crippen molar-refractivity contribution in [1.29, 1.82) is 0 Å². The van der Waals surface area contributed by atoms with Gasteiger partial charge in [0.25, 0.3) is 0 Å². The molecule has 3 heterocycles. The van der Waals surface area contributed by atoms with Crippen LogP contribution in [0, 0.1) is 23.7 Å². The molecule has 1 spiro atoms. The molecule has 0 radical (unpaired) electrons. The third-order valence-corrected chi connectivity index (χ3v) is 9.94. The van der Waals surface area contributed by atoms with E-state index in [1.165, 1.54) is 0 Å². The highest BCUT2D eigenvalue weighted by Gasteiger charge is 2.72. The molecule has 3 fully saturated rings. The molecular formula is C33H38ClN3O5. The third-order valence-electron chi connectivity index (χ3n) is 9.68. The maximum absolute atomic E-state index is 14.4. The van der Waals surface area contributed by atoms with Gasteiger partial charge in [0.15, 0.2) is 0 Å². The summed E-state index contributed by atoms with van der Waals surface area (Å²) in [6, 6.07) is 13.5. The molecule has 3 aliphatic heterocycles. The Balaban J connectivity index is 1.34. The fourth-order valence-corrected chi connectivity index (χ4v) is 7.48. The van der Waals surface area contributed by atoms with Gasteiger partial charge >= 0.3 is 0 Å². The van der Waals surface area contributed by atoms with Gasteiger partial charge in [0.05, 0.1) is 31.1 Å². The van der Waals surface area contributed by atoms with Gasteiger partial charge in [-0.05, 0) is 55.5 Å². The highest BCUT2D eigenvalue weighted by atomic mass is 35.5. The second kappa shape index (κ2) is 11.4. The highest BCUT2D eigenvalue weighted by molar-refractivity contribution is 6.30. The Labute approximate surface area is 251 Å². The van der Waals surface area contributed by atoms with Crippen LogP contribution >= 0.6 is 11.6 Å².